The van der Waals surface area contributed by atoms with Gasteiger partial charge in [0.25, 0.3) is 0 Å². The van der Waals surface area contributed by atoms with Crippen LogP contribution in [0.25, 0.3) is 0 Å². The third-order valence-corrected chi connectivity index (χ3v) is 10.2. The lowest BCUT2D eigenvalue weighted by Gasteiger charge is -2.61. The van der Waals surface area contributed by atoms with Crippen LogP contribution in [0.3, 0.4) is 0 Å². The van der Waals surface area contributed by atoms with Crippen LogP contribution in [0.15, 0.2) is 53.6 Å². The molecule has 4 aliphatic rings. The Balaban J connectivity index is 1.04. The van der Waals surface area contributed by atoms with Gasteiger partial charge in [0.05, 0.1) is 18.2 Å². The molecule has 0 saturated heterocycles. The highest BCUT2D eigenvalue weighted by molar-refractivity contribution is 5.86. The molecule has 4 heteroatoms. The summed E-state index contributed by atoms with van der Waals surface area (Å²) in [5.74, 6) is 2.33. The van der Waals surface area contributed by atoms with Gasteiger partial charge >= 0.3 is 0 Å². The van der Waals surface area contributed by atoms with E-state index < -0.39 is 0 Å². The zero-order chi connectivity index (χ0) is 28.5. The SMILES string of the molecule is CCCCCCCCCCCCOc1ccc(C=NNC(=O)C23CC4CC(C2)CC(c2ccc(C)cc2)(C4)C3)cc1. The summed E-state index contributed by atoms with van der Waals surface area (Å²) in [5, 5.41) is 4.40. The molecule has 4 bridgehead atoms. The fraction of sp³-hybridized carbons (Fsp3) is 0.622. The van der Waals surface area contributed by atoms with Crippen LogP contribution in [0.5, 0.6) is 5.75 Å². The summed E-state index contributed by atoms with van der Waals surface area (Å²) in [4.78, 5) is 13.6. The highest BCUT2D eigenvalue weighted by Gasteiger charge is 2.60. The van der Waals surface area contributed by atoms with Crippen molar-refractivity contribution in [2.45, 2.75) is 122 Å². The number of ether oxygens (including phenoxy) is 1. The fourth-order valence-electron chi connectivity index (χ4n) is 8.49. The van der Waals surface area contributed by atoms with Crippen molar-refractivity contribution in [1.82, 2.24) is 5.43 Å². The number of hydrazone groups is 1. The van der Waals surface area contributed by atoms with Gasteiger partial charge in [0, 0.05) is 0 Å². The van der Waals surface area contributed by atoms with Crippen molar-refractivity contribution in [3.05, 3.63) is 65.2 Å². The first-order valence-electron chi connectivity index (χ1n) is 16.6. The van der Waals surface area contributed by atoms with Gasteiger partial charge in [-0.25, -0.2) is 5.43 Å². The molecule has 0 spiro atoms. The second-order valence-electron chi connectivity index (χ2n) is 13.7. The number of hydrogen-bond acceptors (Lipinski definition) is 3. The molecule has 4 aliphatic carbocycles. The van der Waals surface area contributed by atoms with E-state index in [9.17, 15) is 4.79 Å². The average molecular weight is 557 g/mol. The minimum absolute atomic E-state index is 0.121. The summed E-state index contributed by atoms with van der Waals surface area (Å²) in [6, 6.07) is 17.1. The van der Waals surface area contributed by atoms with E-state index in [1.54, 1.807) is 6.21 Å². The Morgan fingerprint density at radius 3 is 2.10 bits per heavy atom. The van der Waals surface area contributed by atoms with Crippen LogP contribution in [-0.4, -0.2) is 18.7 Å². The quantitative estimate of drug-likeness (QED) is 0.127. The number of unbranched alkanes of at least 4 members (excludes halogenated alkanes) is 9. The number of benzene rings is 2. The van der Waals surface area contributed by atoms with E-state index >= 15 is 0 Å². The Bertz CT molecular complexity index is 1120. The van der Waals surface area contributed by atoms with Gasteiger partial charge in [0.1, 0.15) is 5.75 Å². The summed E-state index contributed by atoms with van der Waals surface area (Å²) < 4.78 is 5.95. The van der Waals surface area contributed by atoms with Gasteiger partial charge in [-0.3, -0.25) is 4.79 Å². The first-order valence-corrected chi connectivity index (χ1v) is 16.6. The number of amides is 1. The molecule has 0 aliphatic heterocycles. The van der Waals surface area contributed by atoms with E-state index in [0.717, 1.165) is 43.6 Å². The van der Waals surface area contributed by atoms with E-state index in [1.807, 2.05) is 24.3 Å². The molecule has 0 radical (unpaired) electrons. The van der Waals surface area contributed by atoms with Gasteiger partial charge in [0.15, 0.2) is 0 Å². The van der Waals surface area contributed by atoms with Crippen molar-refractivity contribution in [2.75, 3.05) is 6.61 Å². The monoisotopic (exact) mass is 556 g/mol. The molecular weight excluding hydrogens is 504 g/mol. The molecule has 4 saturated carbocycles. The van der Waals surface area contributed by atoms with E-state index in [1.165, 1.54) is 88.2 Å². The lowest BCUT2D eigenvalue weighted by molar-refractivity contribution is -0.149. The molecule has 2 aromatic carbocycles. The van der Waals surface area contributed by atoms with Crippen molar-refractivity contribution in [3.8, 4) is 5.75 Å². The van der Waals surface area contributed by atoms with Crippen LogP contribution in [0, 0.1) is 24.2 Å². The number of nitrogens with one attached hydrogen (secondary N) is 1. The van der Waals surface area contributed by atoms with Crippen molar-refractivity contribution < 1.29 is 9.53 Å². The van der Waals surface area contributed by atoms with Gasteiger partial charge in [-0.2, -0.15) is 5.10 Å². The summed E-state index contributed by atoms with van der Waals surface area (Å²) in [6.07, 6.45) is 21.8. The highest BCUT2D eigenvalue weighted by Crippen LogP contribution is 2.65. The Labute approximate surface area is 248 Å². The maximum atomic E-state index is 13.6. The third-order valence-electron chi connectivity index (χ3n) is 10.2. The molecule has 4 fully saturated rings. The molecule has 0 heterocycles. The topological polar surface area (TPSA) is 50.7 Å². The second-order valence-corrected chi connectivity index (χ2v) is 13.7. The molecule has 41 heavy (non-hydrogen) atoms. The van der Waals surface area contributed by atoms with Gasteiger partial charge in [-0.15, -0.1) is 0 Å². The zero-order valence-electron chi connectivity index (χ0n) is 25.6. The number of aryl methyl sites for hydroxylation is 1. The van der Waals surface area contributed by atoms with E-state index in [0.29, 0.717) is 11.8 Å². The molecule has 4 nitrogen and oxygen atoms in total. The molecule has 1 N–H and O–H groups in total. The minimum atomic E-state index is -0.279. The lowest BCUT2D eigenvalue weighted by Crippen LogP contribution is -2.58. The summed E-state index contributed by atoms with van der Waals surface area (Å²) in [6.45, 7) is 5.20. The Kier molecular flexibility index (Phi) is 10.2. The van der Waals surface area contributed by atoms with Gasteiger partial charge < -0.3 is 4.74 Å². The maximum Gasteiger partial charge on any atom is 0.246 e. The molecule has 2 aromatic rings. The number of carbonyl (C=O) groups excluding carboxylic acids is 1. The van der Waals surface area contributed by atoms with Crippen LogP contribution in [0.4, 0.5) is 0 Å². The molecule has 2 unspecified atom stereocenters. The van der Waals surface area contributed by atoms with Crippen LogP contribution in [0.2, 0.25) is 0 Å². The number of hydrogen-bond donors (Lipinski definition) is 1. The first kappa shape index (κ1) is 29.9. The standard InChI is InChI=1S/C37H52N2O2/c1-3-4-5-6-7-8-9-10-11-12-21-41-34-19-15-30(16-20-34)27-38-39-35(40)37-25-31-22-32(26-37)24-36(23-31,28-37)33-17-13-29(2)14-18-33/h13-20,27,31-32H,3-12,21-26,28H2,1-2H3,(H,39,40). The molecule has 0 aromatic heterocycles. The number of carbonyl (C=O) groups is 1. The minimum Gasteiger partial charge on any atom is -0.494 e. The normalized spacial score (nSPS) is 26.5. The molecule has 6 rings (SSSR count). The van der Waals surface area contributed by atoms with Crippen molar-refractivity contribution >= 4 is 12.1 Å². The summed E-state index contributed by atoms with van der Waals surface area (Å²) in [7, 11) is 0. The molecule has 222 valence electrons. The summed E-state index contributed by atoms with van der Waals surface area (Å²) >= 11 is 0. The van der Waals surface area contributed by atoms with Crippen LogP contribution in [-0.2, 0) is 10.2 Å². The Morgan fingerprint density at radius 1 is 0.854 bits per heavy atom. The predicted molar refractivity (Wildman–Crippen MR) is 169 cm³/mol. The average Bonchev–Trinajstić information content (AvgIpc) is 2.96. The van der Waals surface area contributed by atoms with Crippen LogP contribution >= 0.6 is 0 Å². The number of nitrogens with zero attached hydrogens (tertiary/aromatic N) is 1. The van der Waals surface area contributed by atoms with Crippen molar-refractivity contribution in [1.29, 1.82) is 0 Å². The van der Waals surface area contributed by atoms with Crippen LogP contribution < -0.4 is 10.2 Å². The second kappa shape index (κ2) is 14.0. The van der Waals surface area contributed by atoms with Crippen LogP contribution in [0.1, 0.15) is 126 Å². The smallest absolute Gasteiger partial charge is 0.246 e. The molecule has 2 atom stereocenters. The summed E-state index contributed by atoms with van der Waals surface area (Å²) in [5.41, 5.74) is 6.54. The Morgan fingerprint density at radius 2 is 1.46 bits per heavy atom. The van der Waals surface area contributed by atoms with E-state index in [4.69, 9.17) is 4.74 Å². The predicted octanol–water partition coefficient (Wildman–Crippen LogP) is 9.28. The largest absolute Gasteiger partial charge is 0.494 e. The van der Waals surface area contributed by atoms with Crippen molar-refractivity contribution in [2.24, 2.45) is 22.4 Å². The highest BCUT2D eigenvalue weighted by atomic mass is 16.5. The lowest BCUT2D eigenvalue weighted by atomic mass is 9.42. The molecular formula is C37H52N2O2. The maximum absolute atomic E-state index is 13.6. The Hall–Kier alpha value is -2.62. The van der Waals surface area contributed by atoms with Gasteiger partial charge in [0.2, 0.25) is 5.91 Å². The van der Waals surface area contributed by atoms with E-state index in [2.05, 4.69) is 48.6 Å². The van der Waals surface area contributed by atoms with Gasteiger partial charge in [-0.05, 0) is 105 Å². The fourth-order valence-corrected chi connectivity index (χ4v) is 8.49. The molecule has 1 amide bonds. The van der Waals surface area contributed by atoms with Gasteiger partial charge in [-0.1, -0.05) is 94.5 Å². The van der Waals surface area contributed by atoms with E-state index in [-0.39, 0.29) is 16.7 Å². The number of rotatable bonds is 16. The third kappa shape index (κ3) is 7.62. The van der Waals surface area contributed by atoms with Crippen molar-refractivity contribution in [3.63, 3.8) is 0 Å². The first-order chi connectivity index (χ1) is 20.0. The zero-order valence-corrected chi connectivity index (χ0v) is 25.6.